The van der Waals surface area contributed by atoms with Gasteiger partial charge in [0, 0.05) is 0 Å². The molecule has 2 N–H and O–H groups in total. The fourth-order valence-corrected chi connectivity index (χ4v) is 0.682. The fourth-order valence-electron chi connectivity index (χ4n) is 0.454. The SMILES string of the molecule is CC(C)[C@@H](N)C(=O)OC(Cl)(Cl)Cl. The Morgan fingerprint density at radius 1 is 1.42 bits per heavy atom. The molecule has 0 unspecified atom stereocenters. The number of hydrogen-bond donors (Lipinski definition) is 1. The summed E-state index contributed by atoms with van der Waals surface area (Å²) in [4.78, 5) is 11.0. The van der Waals surface area contributed by atoms with E-state index in [1.165, 1.54) is 0 Å². The van der Waals surface area contributed by atoms with Gasteiger partial charge in [-0.05, 0) is 40.7 Å². The van der Waals surface area contributed by atoms with Gasteiger partial charge in [-0.2, -0.15) is 0 Å². The van der Waals surface area contributed by atoms with Crippen LogP contribution >= 0.6 is 34.8 Å². The molecule has 0 aromatic rings. The van der Waals surface area contributed by atoms with Crippen LogP contribution in [0.3, 0.4) is 0 Å². The number of carbonyl (C=O) groups excluding carboxylic acids is 1. The molecule has 0 rings (SSSR count). The van der Waals surface area contributed by atoms with E-state index in [-0.39, 0.29) is 5.92 Å². The van der Waals surface area contributed by atoms with E-state index in [2.05, 4.69) is 4.74 Å². The van der Waals surface area contributed by atoms with Gasteiger partial charge in [0.2, 0.25) is 0 Å². The van der Waals surface area contributed by atoms with Crippen molar-refractivity contribution in [1.29, 1.82) is 0 Å². The van der Waals surface area contributed by atoms with Crippen LogP contribution in [0.5, 0.6) is 0 Å². The maximum Gasteiger partial charge on any atom is 0.340 e. The molecule has 0 saturated carbocycles. The highest BCUT2D eigenvalue weighted by atomic mass is 35.6. The average molecular weight is 235 g/mol. The molecule has 0 heterocycles. The summed E-state index contributed by atoms with van der Waals surface area (Å²) in [7, 11) is 0. The van der Waals surface area contributed by atoms with Gasteiger partial charge in [0.15, 0.2) is 0 Å². The standard InChI is InChI=1S/C6H10Cl3NO2/c1-3(2)4(10)5(11)12-6(7,8)9/h3-4H,10H2,1-2H3/t4-/m1/s1. The average Bonchev–Trinajstić information content (AvgIpc) is 1.82. The first kappa shape index (κ1) is 12.3. The summed E-state index contributed by atoms with van der Waals surface area (Å²) in [6, 6.07) is -0.763. The molecule has 0 saturated heterocycles. The van der Waals surface area contributed by atoms with Crippen molar-refractivity contribution in [3.63, 3.8) is 0 Å². The third-order valence-electron chi connectivity index (χ3n) is 1.21. The zero-order valence-electron chi connectivity index (χ0n) is 6.68. The van der Waals surface area contributed by atoms with E-state index in [0.717, 1.165) is 0 Å². The first-order chi connectivity index (χ1) is 5.24. The number of rotatable bonds is 2. The smallest absolute Gasteiger partial charge is 0.340 e. The van der Waals surface area contributed by atoms with Crippen LogP contribution in [0.4, 0.5) is 0 Å². The van der Waals surface area contributed by atoms with Gasteiger partial charge < -0.3 is 10.5 Å². The van der Waals surface area contributed by atoms with Gasteiger partial charge in [0.05, 0.1) is 0 Å². The van der Waals surface area contributed by atoms with E-state index < -0.39 is 16.0 Å². The molecule has 12 heavy (non-hydrogen) atoms. The lowest BCUT2D eigenvalue weighted by molar-refractivity contribution is -0.147. The van der Waals surface area contributed by atoms with Gasteiger partial charge in [0.1, 0.15) is 6.04 Å². The van der Waals surface area contributed by atoms with E-state index in [0.29, 0.717) is 0 Å². The molecule has 0 aliphatic rings. The molecular weight excluding hydrogens is 224 g/mol. The second-order valence-electron chi connectivity index (χ2n) is 2.64. The number of ether oxygens (including phenoxy) is 1. The third kappa shape index (κ3) is 5.04. The third-order valence-corrected chi connectivity index (χ3v) is 1.44. The second-order valence-corrected chi connectivity index (χ2v) is 4.81. The Bertz CT molecular complexity index is 167. The summed E-state index contributed by atoms with van der Waals surface area (Å²) < 4.78 is 2.37. The summed E-state index contributed by atoms with van der Waals surface area (Å²) in [5.74, 6) is -0.769. The van der Waals surface area contributed by atoms with Crippen LogP contribution < -0.4 is 5.73 Å². The Morgan fingerprint density at radius 2 is 1.83 bits per heavy atom. The van der Waals surface area contributed by atoms with Gasteiger partial charge in [-0.3, -0.25) is 4.79 Å². The van der Waals surface area contributed by atoms with Crippen molar-refractivity contribution in [3.05, 3.63) is 0 Å². The number of nitrogens with two attached hydrogens (primary N) is 1. The fraction of sp³-hybridized carbons (Fsp3) is 0.833. The van der Waals surface area contributed by atoms with Crippen molar-refractivity contribution in [2.24, 2.45) is 11.7 Å². The summed E-state index contributed by atoms with van der Waals surface area (Å²) in [6.07, 6.45) is 0. The van der Waals surface area contributed by atoms with Crippen LogP contribution in [0.1, 0.15) is 13.8 Å². The Labute approximate surface area is 86.1 Å². The Hall–Kier alpha value is 0.300. The van der Waals surface area contributed by atoms with Crippen molar-refractivity contribution >= 4 is 40.8 Å². The molecule has 0 aromatic carbocycles. The minimum absolute atomic E-state index is 0.0511. The summed E-state index contributed by atoms with van der Waals surface area (Å²) in [5, 5.41) is 0. The van der Waals surface area contributed by atoms with Crippen LogP contribution in [0, 0.1) is 5.92 Å². The van der Waals surface area contributed by atoms with Gasteiger partial charge in [-0.25, -0.2) is 0 Å². The minimum atomic E-state index is -2.02. The lowest BCUT2D eigenvalue weighted by Crippen LogP contribution is -2.39. The van der Waals surface area contributed by atoms with Gasteiger partial charge >= 0.3 is 9.95 Å². The molecule has 0 radical (unpaired) electrons. The van der Waals surface area contributed by atoms with E-state index >= 15 is 0 Å². The molecule has 0 bridgehead atoms. The van der Waals surface area contributed by atoms with Crippen LogP contribution in [-0.2, 0) is 9.53 Å². The number of hydrogen-bond acceptors (Lipinski definition) is 3. The van der Waals surface area contributed by atoms with Crippen LogP contribution in [0.2, 0.25) is 0 Å². The van der Waals surface area contributed by atoms with Crippen LogP contribution in [-0.4, -0.2) is 16.0 Å². The first-order valence-electron chi connectivity index (χ1n) is 3.29. The summed E-state index contributed by atoms with van der Waals surface area (Å²) in [5.41, 5.74) is 5.42. The summed E-state index contributed by atoms with van der Waals surface area (Å²) in [6.45, 7) is 3.54. The highest BCUT2D eigenvalue weighted by molar-refractivity contribution is 6.66. The van der Waals surface area contributed by atoms with Gasteiger partial charge in [0.25, 0.3) is 0 Å². The Morgan fingerprint density at radius 3 is 2.08 bits per heavy atom. The predicted octanol–water partition coefficient (Wildman–Crippen LogP) is 1.84. The Balaban J connectivity index is 4.05. The second kappa shape index (κ2) is 4.51. The lowest BCUT2D eigenvalue weighted by atomic mass is 10.1. The largest absolute Gasteiger partial charge is 0.413 e. The molecule has 0 aromatic heterocycles. The normalized spacial score (nSPS) is 14.6. The van der Waals surface area contributed by atoms with Gasteiger partial charge in [-0.1, -0.05) is 13.8 Å². The maximum atomic E-state index is 11.0. The van der Waals surface area contributed by atoms with Crippen molar-refractivity contribution in [2.45, 2.75) is 23.9 Å². The Kier molecular flexibility index (Phi) is 4.62. The highest BCUT2D eigenvalue weighted by Crippen LogP contribution is 2.28. The topological polar surface area (TPSA) is 52.3 Å². The zero-order chi connectivity index (χ0) is 9.94. The molecule has 0 spiro atoms. The van der Waals surface area contributed by atoms with E-state index in [4.69, 9.17) is 40.5 Å². The van der Waals surface area contributed by atoms with Crippen molar-refractivity contribution in [3.8, 4) is 0 Å². The maximum absolute atomic E-state index is 11.0. The lowest BCUT2D eigenvalue weighted by Gasteiger charge is -2.18. The van der Waals surface area contributed by atoms with Gasteiger partial charge in [-0.15, -0.1) is 0 Å². The van der Waals surface area contributed by atoms with Crippen molar-refractivity contribution < 1.29 is 9.53 Å². The van der Waals surface area contributed by atoms with Crippen LogP contribution in [0.25, 0.3) is 0 Å². The minimum Gasteiger partial charge on any atom is -0.413 e. The molecule has 0 aliphatic carbocycles. The highest BCUT2D eigenvalue weighted by Gasteiger charge is 2.29. The van der Waals surface area contributed by atoms with Crippen molar-refractivity contribution in [2.75, 3.05) is 0 Å². The predicted molar refractivity (Wildman–Crippen MR) is 49.2 cm³/mol. The molecular formula is C6H10Cl3NO2. The molecule has 72 valence electrons. The monoisotopic (exact) mass is 233 g/mol. The molecule has 6 heteroatoms. The van der Waals surface area contributed by atoms with E-state index in [9.17, 15) is 4.79 Å². The number of halogens is 3. The molecule has 0 fully saturated rings. The van der Waals surface area contributed by atoms with E-state index in [1.54, 1.807) is 13.8 Å². The molecule has 1 atom stereocenters. The number of alkyl halides is 3. The van der Waals surface area contributed by atoms with Crippen LogP contribution in [0.15, 0.2) is 0 Å². The zero-order valence-corrected chi connectivity index (χ0v) is 8.95. The van der Waals surface area contributed by atoms with E-state index in [1.807, 2.05) is 0 Å². The number of esters is 1. The molecule has 0 amide bonds. The molecule has 3 nitrogen and oxygen atoms in total. The quantitative estimate of drug-likeness (QED) is 0.586. The first-order valence-corrected chi connectivity index (χ1v) is 4.42. The summed E-state index contributed by atoms with van der Waals surface area (Å²) >= 11 is 15.6. The van der Waals surface area contributed by atoms with Crippen molar-refractivity contribution in [1.82, 2.24) is 0 Å². The number of carbonyl (C=O) groups is 1. The molecule has 0 aliphatic heterocycles.